The highest BCUT2D eigenvalue weighted by molar-refractivity contribution is 7.13. The number of aromatic nitrogens is 2. The van der Waals surface area contributed by atoms with E-state index in [4.69, 9.17) is 14.5 Å². The molecule has 0 aliphatic carbocycles. The first-order valence-corrected chi connectivity index (χ1v) is 10.6. The van der Waals surface area contributed by atoms with E-state index in [0.717, 1.165) is 65.6 Å². The summed E-state index contributed by atoms with van der Waals surface area (Å²) in [5.74, 6) is 1.46. The highest BCUT2D eigenvalue weighted by Crippen LogP contribution is 2.33. The summed E-state index contributed by atoms with van der Waals surface area (Å²) in [5, 5.41) is 6.32. The van der Waals surface area contributed by atoms with Gasteiger partial charge >= 0.3 is 0 Å². The Morgan fingerprint density at radius 3 is 2.56 bits per heavy atom. The van der Waals surface area contributed by atoms with Crippen molar-refractivity contribution in [1.29, 1.82) is 0 Å². The Labute approximate surface area is 167 Å². The quantitative estimate of drug-likeness (QED) is 0.628. The number of benzene rings is 1. The second-order valence-corrected chi connectivity index (χ2v) is 8.02. The third-order valence-electron chi connectivity index (χ3n) is 4.63. The van der Waals surface area contributed by atoms with Gasteiger partial charge in [-0.05, 0) is 18.2 Å². The van der Waals surface area contributed by atoms with Crippen molar-refractivity contribution in [3.63, 3.8) is 0 Å². The second-order valence-electron chi connectivity index (χ2n) is 6.29. The average molecular weight is 403 g/mol. The average Bonchev–Trinajstić information content (AvgIpc) is 3.40. The lowest BCUT2D eigenvalue weighted by Gasteiger charge is -2.34. The first kappa shape index (κ1) is 18.2. The maximum absolute atomic E-state index is 5.40. The monoisotopic (exact) mass is 402 g/mol. The normalized spacial score (nSPS) is 15.1. The summed E-state index contributed by atoms with van der Waals surface area (Å²) < 4.78 is 10.7. The van der Waals surface area contributed by atoms with Crippen molar-refractivity contribution >= 4 is 27.8 Å². The second kappa shape index (κ2) is 8.24. The molecule has 1 saturated heterocycles. The molecule has 3 aromatic rings. The number of hydrogen-bond donors (Lipinski definition) is 0. The fourth-order valence-electron chi connectivity index (χ4n) is 3.18. The number of piperazine rings is 1. The molecular weight excluding hydrogens is 380 g/mol. The van der Waals surface area contributed by atoms with Gasteiger partial charge in [-0.25, -0.2) is 9.97 Å². The maximum atomic E-state index is 5.40. The van der Waals surface area contributed by atoms with Gasteiger partial charge in [0.1, 0.15) is 5.01 Å². The van der Waals surface area contributed by atoms with Crippen LogP contribution in [0.3, 0.4) is 0 Å². The Morgan fingerprint density at radius 1 is 1.04 bits per heavy atom. The number of rotatable bonds is 6. The molecule has 0 atom stereocenters. The highest BCUT2D eigenvalue weighted by atomic mass is 32.1. The van der Waals surface area contributed by atoms with Crippen molar-refractivity contribution in [2.75, 3.05) is 45.3 Å². The minimum absolute atomic E-state index is 0.727. The Bertz CT molecular complexity index is 874. The molecule has 3 heterocycles. The van der Waals surface area contributed by atoms with Crippen molar-refractivity contribution in [3.8, 4) is 22.1 Å². The molecule has 1 fully saturated rings. The van der Waals surface area contributed by atoms with Crippen LogP contribution in [0.2, 0.25) is 0 Å². The van der Waals surface area contributed by atoms with Crippen molar-refractivity contribution < 1.29 is 9.47 Å². The Hall–Kier alpha value is -2.16. The lowest BCUT2D eigenvalue weighted by molar-refractivity contribution is 0.247. The van der Waals surface area contributed by atoms with E-state index in [0.29, 0.717) is 0 Å². The Kier molecular flexibility index (Phi) is 5.56. The third-order valence-corrected chi connectivity index (χ3v) is 6.40. The lowest BCUT2D eigenvalue weighted by atomic mass is 10.2. The van der Waals surface area contributed by atoms with Crippen molar-refractivity contribution in [1.82, 2.24) is 14.9 Å². The van der Waals surface area contributed by atoms with Gasteiger partial charge in [0.05, 0.1) is 19.9 Å². The first-order valence-electron chi connectivity index (χ1n) is 8.80. The zero-order chi connectivity index (χ0) is 18.6. The van der Waals surface area contributed by atoms with E-state index < -0.39 is 0 Å². The fraction of sp³-hybridized carbons (Fsp3) is 0.368. The zero-order valence-corrected chi connectivity index (χ0v) is 17.1. The van der Waals surface area contributed by atoms with Crippen LogP contribution in [0, 0.1) is 0 Å². The van der Waals surface area contributed by atoms with E-state index in [1.165, 1.54) is 0 Å². The molecule has 1 aliphatic rings. The smallest absolute Gasteiger partial charge is 0.185 e. The number of ether oxygens (including phenoxy) is 2. The van der Waals surface area contributed by atoms with E-state index in [2.05, 4.69) is 20.2 Å². The molecule has 0 bridgehead atoms. The first-order chi connectivity index (χ1) is 13.3. The zero-order valence-electron chi connectivity index (χ0n) is 15.4. The summed E-state index contributed by atoms with van der Waals surface area (Å²) >= 11 is 3.38. The number of thiazole rings is 2. The molecule has 6 nitrogen and oxygen atoms in total. The van der Waals surface area contributed by atoms with Gasteiger partial charge in [0.2, 0.25) is 0 Å². The van der Waals surface area contributed by atoms with E-state index in [9.17, 15) is 0 Å². The van der Waals surface area contributed by atoms with Crippen molar-refractivity contribution in [2.45, 2.75) is 6.54 Å². The summed E-state index contributed by atoms with van der Waals surface area (Å²) in [6, 6.07) is 5.93. The predicted molar refractivity (Wildman–Crippen MR) is 110 cm³/mol. The van der Waals surface area contributed by atoms with Crippen LogP contribution in [0.1, 0.15) is 5.69 Å². The Morgan fingerprint density at radius 2 is 1.85 bits per heavy atom. The van der Waals surface area contributed by atoms with Crippen LogP contribution in [-0.4, -0.2) is 55.3 Å². The molecule has 142 valence electrons. The highest BCUT2D eigenvalue weighted by Gasteiger charge is 2.19. The van der Waals surface area contributed by atoms with Crippen LogP contribution >= 0.6 is 22.7 Å². The number of anilines is 1. The SMILES string of the molecule is COc1ccc(-c2nc(CN3CCN(c4nccs4)CC3)cs2)cc1OC. The van der Waals surface area contributed by atoms with Crippen LogP contribution in [0.25, 0.3) is 10.6 Å². The summed E-state index contributed by atoms with van der Waals surface area (Å²) in [7, 11) is 3.30. The van der Waals surface area contributed by atoms with Crippen molar-refractivity contribution in [2.24, 2.45) is 0 Å². The van der Waals surface area contributed by atoms with Gasteiger partial charge in [-0.1, -0.05) is 0 Å². The van der Waals surface area contributed by atoms with Gasteiger partial charge in [-0.15, -0.1) is 22.7 Å². The molecule has 0 radical (unpaired) electrons. The molecule has 27 heavy (non-hydrogen) atoms. The molecular formula is C19H22N4O2S2. The van der Waals surface area contributed by atoms with Gasteiger partial charge in [0, 0.05) is 55.2 Å². The molecule has 0 unspecified atom stereocenters. The van der Waals surface area contributed by atoms with Crippen LogP contribution in [0.15, 0.2) is 35.2 Å². The van der Waals surface area contributed by atoms with Gasteiger partial charge < -0.3 is 14.4 Å². The minimum atomic E-state index is 0.727. The van der Waals surface area contributed by atoms with Crippen molar-refractivity contribution in [3.05, 3.63) is 40.8 Å². The largest absolute Gasteiger partial charge is 0.493 e. The van der Waals surface area contributed by atoms with E-state index in [1.54, 1.807) is 36.9 Å². The molecule has 4 rings (SSSR count). The molecule has 0 spiro atoms. The molecule has 0 amide bonds. The molecule has 0 N–H and O–H groups in total. The predicted octanol–water partition coefficient (Wildman–Crippen LogP) is 3.61. The van der Waals surface area contributed by atoms with Crippen LogP contribution in [-0.2, 0) is 6.54 Å². The maximum Gasteiger partial charge on any atom is 0.185 e. The molecule has 8 heteroatoms. The van der Waals surface area contributed by atoms with Crippen LogP contribution in [0.5, 0.6) is 11.5 Å². The van der Waals surface area contributed by atoms with Gasteiger partial charge in [-0.3, -0.25) is 4.90 Å². The van der Waals surface area contributed by atoms with Crippen LogP contribution in [0.4, 0.5) is 5.13 Å². The number of nitrogens with zero attached hydrogens (tertiary/aromatic N) is 4. The minimum Gasteiger partial charge on any atom is -0.493 e. The standard InChI is InChI=1S/C19H22N4O2S2/c1-24-16-4-3-14(11-17(16)25-2)18-21-15(13-27-18)12-22-6-8-23(9-7-22)19-20-5-10-26-19/h3-5,10-11,13H,6-9,12H2,1-2H3. The van der Waals surface area contributed by atoms with E-state index >= 15 is 0 Å². The lowest BCUT2D eigenvalue weighted by Crippen LogP contribution is -2.45. The topological polar surface area (TPSA) is 50.7 Å². The summed E-state index contributed by atoms with van der Waals surface area (Å²) in [5.41, 5.74) is 2.17. The molecule has 0 saturated carbocycles. The van der Waals surface area contributed by atoms with Crippen LogP contribution < -0.4 is 14.4 Å². The number of hydrogen-bond acceptors (Lipinski definition) is 8. The van der Waals surface area contributed by atoms with Gasteiger partial charge in [0.25, 0.3) is 0 Å². The fourth-order valence-corrected chi connectivity index (χ4v) is 4.68. The van der Waals surface area contributed by atoms with Gasteiger partial charge in [0.15, 0.2) is 16.6 Å². The number of methoxy groups -OCH3 is 2. The third kappa shape index (κ3) is 4.07. The summed E-state index contributed by atoms with van der Waals surface area (Å²) in [6.07, 6.45) is 1.87. The molecule has 1 aromatic carbocycles. The van der Waals surface area contributed by atoms with Gasteiger partial charge in [-0.2, -0.15) is 0 Å². The molecule has 1 aliphatic heterocycles. The molecule has 2 aromatic heterocycles. The summed E-state index contributed by atoms with van der Waals surface area (Å²) in [6.45, 7) is 4.97. The summed E-state index contributed by atoms with van der Waals surface area (Å²) in [4.78, 5) is 14.1. The van der Waals surface area contributed by atoms with E-state index in [1.807, 2.05) is 29.8 Å². The van der Waals surface area contributed by atoms with E-state index in [-0.39, 0.29) is 0 Å². The Balaban J connectivity index is 1.39.